The third-order valence-electron chi connectivity index (χ3n) is 4.11. The SMILES string of the molecule is O=C(O)c1ccc2c(c1)OC(c1cccc(Cl)c1)(c1cccc(Cl)c1)O2. The fourth-order valence-electron chi connectivity index (χ4n) is 2.92. The number of hydrogen-bond acceptors (Lipinski definition) is 3. The van der Waals surface area contributed by atoms with Crippen LogP contribution in [0.15, 0.2) is 66.7 Å². The highest BCUT2D eigenvalue weighted by molar-refractivity contribution is 6.31. The van der Waals surface area contributed by atoms with Gasteiger partial charge in [0.1, 0.15) is 0 Å². The topological polar surface area (TPSA) is 55.8 Å². The molecule has 4 rings (SSSR count). The van der Waals surface area contributed by atoms with E-state index in [0.29, 0.717) is 32.7 Å². The molecule has 6 heteroatoms. The average Bonchev–Trinajstić information content (AvgIpc) is 3.01. The number of carboxylic acids is 1. The van der Waals surface area contributed by atoms with Crippen molar-refractivity contribution in [1.29, 1.82) is 0 Å². The van der Waals surface area contributed by atoms with Crippen LogP contribution < -0.4 is 9.47 Å². The normalized spacial score (nSPS) is 14.2. The molecule has 4 nitrogen and oxygen atoms in total. The smallest absolute Gasteiger partial charge is 0.335 e. The molecule has 130 valence electrons. The molecule has 0 unspecified atom stereocenters. The number of carbonyl (C=O) groups is 1. The number of carboxylic acid groups (broad SMARTS) is 1. The van der Waals surface area contributed by atoms with Gasteiger partial charge in [-0.3, -0.25) is 0 Å². The first kappa shape index (κ1) is 16.8. The Labute approximate surface area is 159 Å². The minimum atomic E-state index is -1.31. The largest absolute Gasteiger partial charge is 0.478 e. The Morgan fingerprint density at radius 2 is 1.38 bits per heavy atom. The number of ether oxygens (including phenoxy) is 2. The van der Waals surface area contributed by atoms with Gasteiger partial charge >= 0.3 is 11.8 Å². The lowest BCUT2D eigenvalue weighted by atomic mass is 9.97. The summed E-state index contributed by atoms with van der Waals surface area (Å²) in [5.74, 6) is -1.57. The Hall–Kier alpha value is -2.69. The van der Waals surface area contributed by atoms with E-state index in [0.717, 1.165) is 0 Å². The molecule has 0 saturated carbocycles. The summed E-state index contributed by atoms with van der Waals surface area (Å²) in [4.78, 5) is 11.3. The van der Waals surface area contributed by atoms with Crippen molar-refractivity contribution in [3.05, 3.63) is 93.5 Å². The Morgan fingerprint density at radius 3 is 1.92 bits per heavy atom. The van der Waals surface area contributed by atoms with Gasteiger partial charge in [0, 0.05) is 21.2 Å². The molecule has 1 heterocycles. The fourth-order valence-corrected chi connectivity index (χ4v) is 3.31. The van der Waals surface area contributed by atoms with Gasteiger partial charge in [0.15, 0.2) is 11.5 Å². The predicted octanol–water partition coefficient (Wildman–Crippen LogP) is 5.36. The first-order valence-corrected chi connectivity index (χ1v) is 8.51. The lowest BCUT2D eigenvalue weighted by molar-refractivity contribution is -0.0459. The summed E-state index contributed by atoms with van der Waals surface area (Å²) in [5.41, 5.74) is 1.45. The van der Waals surface area contributed by atoms with Gasteiger partial charge in [-0.05, 0) is 42.5 Å². The summed E-state index contributed by atoms with van der Waals surface area (Å²) in [6, 6.07) is 18.7. The number of hydrogen-bond donors (Lipinski definition) is 1. The highest BCUT2D eigenvalue weighted by atomic mass is 35.5. The second-order valence-corrected chi connectivity index (χ2v) is 6.68. The summed E-state index contributed by atoms with van der Waals surface area (Å²) in [6.07, 6.45) is 0. The monoisotopic (exact) mass is 386 g/mol. The van der Waals surface area contributed by atoms with Gasteiger partial charge in [-0.15, -0.1) is 0 Å². The maximum absolute atomic E-state index is 11.3. The van der Waals surface area contributed by atoms with Crippen molar-refractivity contribution < 1.29 is 19.4 Å². The van der Waals surface area contributed by atoms with E-state index in [-0.39, 0.29) is 5.56 Å². The quantitative estimate of drug-likeness (QED) is 0.657. The van der Waals surface area contributed by atoms with E-state index < -0.39 is 11.8 Å². The van der Waals surface area contributed by atoms with E-state index in [1.807, 2.05) is 12.1 Å². The van der Waals surface area contributed by atoms with Gasteiger partial charge in [0.2, 0.25) is 0 Å². The van der Waals surface area contributed by atoms with Crippen molar-refractivity contribution in [3.8, 4) is 11.5 Å². The number of aromatic carboxylic acids is 1. The molecule has 3 aromatic carbocycles. The summed E-state index contributed by atoms with van der Waals surface area (Å²) < 4.78 is 12.3. The summed E-state index contributed by atoms with van der Waals surface area (Å²) in [7, 11) is 0. The third-order valence-corrected chi connectivity index (χ3v) is 4.58. The summed E-state index contributed by atoms with van der Waals surface area (Å²) in [5, 5.41) is 10.3. The number of fused-ring (bicyclic) bond motifs is 1. The summed E-state index contributed by atoms with van der Waals surface area (Å²) in [6.45, 7) is 0. The number of rotatable bonds is 3. The Kier molecular flexibility index (Phi) is 4.02. The van der Waals surface area contributed by atoms with E-state index >= 15 is 0 Å². The predicted molar refractivity (Wildman–Crippen MR) is 98.3 cm³/mol. The average molecular weight is 387 g/mol. The highest BCUT2D eigenvalue weighted by Crippen LogP contribution is 2.48. The fraction of sp³-hybridized carbons (Fsp3) is 0.0500. The van der Waals surface area contributed by atoms with Gasteiger partial charge < -0.3 is 14.6 Å². The van der Waals surface area contributed by atoms with Gasteiger partial charge in [0.05, 0.1) is 5.56 Å². The minimum Gasteiger partial charge on any atom is -0.478 e. The van der Waals surface area contributed by atoms with Crippen molar-refractivity contribution in [2.75, 3.05) is 0 Å². The van der Waals surface area contributed by atoms with Crippen molar-refractivity contribution in [3.63, 3.8) is 0 Å². The highest BCUT2D eigenvalue weighted by Gasteiger charge is 2.46. The zero-order chi connectivity index (χ0) is 18.3. The number of benzene rings is 3. The zero-order valence-electron chi connectivity index (χ0n) is 13.3. The van der Waals surface area contributed by atoms with Gasteiger partial charge in [-0.1, -0.05) is 47.5 Å². The lowest BCUT2D eigenvalue weighted by Gasteiger charge is -2.29. The molecular weight excluding hydrogens is 375 g/mol. The third kappa shape index (κ3) is 2.77. The summed E-state index contributed by atoms with van der Waals surface area (Å²) >= 11 is 12.3. The second kappa shape index (κ2) is 6.24. The van der Waals surface area contributed by atoms with Crippen molar-refractivity contribution in [2.45, 2.75) is 5.79 Å². The van der Waals surface area contributed by atoms with E-state index in [1.54, 1.807) is 42.5 Å². The van der Waals surface area contributed by atoms with Crippen LogP contribution in [0.5, 0.6) is 11.5 Å². The van der Waals surface area contributed by atoms with Crippen LogP contribution in [0.25, 0.3) is 0 Å². The van der Waals surface area contributed by atoms with Crippen molar-refractivity contribution in [1.82, 2.24) is 0 Å². The standard InChI is InChI=1S/C20H12Cl2O4/c21-15-5-1-3-13(10-15)20(14-4-2-6-16(22)11-14)25-17-8-7-12(19(23)24)9-18(17)26-20/h1-11H,(H,23,24). The second-order valence-electron chi connectivity index (χ2n) is 5.81. The zero-order valence-corrected chi connectivity index (χ0v) is 14.8. The Balaban J connectivity index is 1.90. The van der Waals surface area contributed by atoms with E-state index in [1.165, 1.54) is 12.1 Å². The van der Waals surface area contributed by atoms with E-state index in [2.05, 4.69) is 0 Å². The van der Waals surface area contributed by atoms with Gasteiger partial charge in [-0.2, -0.15) is 0 Å². The maximum Gasteiger partial charge on any atom is 0.335 e. The molecule has 0 aliphatic carbocycles. The molecule has 0 aromatic heterocycles. The Morgan fingerprint density at radius 1 is 0.808 bits per heavy atom. The molecule has 26 heavy (non-hydrogen) atoms. The van der Waals surface area contributed by atoms with Crippen LogP contribution in [-0.2, 0) is 5.79 Å². The minimum absolute atomic E-state index is 0.111. The van der Waals surface area contributed by atoms with Crippen LogP contribution in [0.4, 0.5) is 0 Å². The number of halogens is 2. The molecule has 0 bridgehead atoms. The molecule has 0 spiro atoms. The van der Waals surface area contributed by atoms with E-state index in [4.69, 9.17) is 32.7 Å². The molecule has 1 N–H and O–H groups in total. The first-order valence-electron chi connectivity index (χ1n) is 7.75. The molecule has 0 amide bonds. The Bertz CT molecular complexity index is 971. The first-order chi connectivity index (χ1) is 12.5. The van der Waals surface area contributed by atoms with Crippen molar-refractivity contribution >= 4 is 29.2 Å². The molecule has 3 aromatic rings. The molecule has 0 fully saturated rings. The van der Waals surface area contributed by atoms with Crippen LogP contribution in [-0.4, -0.2) is 11.1 Å². The van der Waals surface area contributed by atoms with Crippen LogP contribution >= 0.6 is 23.2 Å². The molecule has 0 saturated heterocycles. The molecule has 1 aliphatic heterocycles. The lowest BCUT2D eigenvalue weighted by Crippen LogP contribution is -2.36. The van der Waals surface area contributed by atoms with Crippen LogP contribution in [0.2, 0.25) is 10.0 Å². The molecular formula is C20H12Cl2O4. The van der Waals surface area contributed by atoms with Crippen LogP contribution in [0, 0.1) is 0 Å². The molecule has 0 atom stereocenters. The van der Waals surface area contributed by atoms with Gasteiger partial charge in [0.25, 0.3) is 0 Å². The molecule has 0 radical (unpaired) electrons. The van der Waals surface area contributed by atoms with E-state index in [9.17, 15) is 9.90 Å². The van der Waals surface area contributed by atoms with Crippen LogP contribution in [0.1, 0.15) is 21.5 Å². The van der Waals surface area contributed by atoms with Crippen LogP contribution in [0.3, 0.4) is 0 Å². The molecule has 1 aliphatic rings. The van der Waals surface area contributed by atoms with Gasteiger partial charge in [-0.25, -0.2) is 4.79 Å². The van der Waals surface area contributed by atoms with Crippen molar-refractivity contribution in [2.24, 2.45) is 0 Å². The maximum atomic E-state index is 11.3.